The average Bonchev–Trinajstić information content (AvgIpc) is 2.03. The number of hydrogen-bond acceptors (Lipinski definition) is 2. The van der Waals surface area contributed by atoms with Crippen molar-refractivity contribution in [2.45, 2.75) is 53.5 Å². The summed E-state index contributed by atoms with van der Waals surface area (Å²) in [5.41, 5.74) is 0.626. The molecule has 2 N–H and O–H groups in total. The molecule has 0 saturated carbocycles. The number of nitrogens with one attached hydrogen (secondary N) is 2. The lowest BCUT2D eigenvalue weighted by Gasteiger charge is -2.29. The molecule has 0 aromatic carbocycles. The van der Waals surface area contributed by atoms with Gasteiger partial charge in [-0.15, -0.1) is 0 Å². The van der Waals surface area contributed by atoms with E-state index in [0.29, 0.717) is 5.41 Å². The topological polar surface area (TPSA) is 24.1 Å². The Balaban J connectivity index is 3.73. The largest absolute Gasteiger partial charge is 0.314 e. The van der Waals surface area contributed by atoms with Gasteiger partial charge >= 0.3 is 0 Å². The van der Waals surface area contributed by atoms with Crippen molar-refractivity contribution in [1.29, 1.82) is 0 Å². The highest BCUT2D eigenvalue weighted by molar-refractivity contribution is 4.81. The van der Waals surface area contributed by atoms with Crippen molar-refractivity contribution in [3.63, 3.8) is 0 Å². The zero-order valence-corrected chi connectivity index (χ0v) is 10.8. The minimum absolute atomic E-state index is 0.207. The number of rotatable bonds is 7. The van der Waals surface area contributed by atoms with Crippen molar-refractivity contribution >= 4 is 0 Å². The Kier molecular flexibility index (Phi) is 5.68. The van der Waals surface area contributed by atoms with Crippen LogP contribution in [0.3, 0.4) is 0 Å². The van der Waals surface area contributed by atoms with Crippen LogP contribution in [0.5, 0.6) is 0 Å². The van der Waals surface area contributed by atoms with Gasteiger partial charge in [-0.25, -0.2) is 0 Å². The standard InChI is InChI=1S/C12H28N2/c1-7-11(3,4)9-13-10-12(5,6)14-8-2/h13-14H,7-10H2,1-6H3. The average molecular weight is 200 g/mol. The van der Waals surface area contributed by atoms with Crippen molar-refractivity contribution < 1.29 is 0 Å². The molecule has 0 atom stereocenters. The molecule has 86 valence electrons. The molecule has 0 aliphatic rings. The third-order valence-corrected chi connectivity index (χ3v) is 2.78. The van der Waals surface area contributed by atoms with Crippen LogP contribution in [0.15, 0.2) is 0 Å². The maximum absolute atomic E-state index is 3.54. The maximum atomic E-state index is 3.54. The van der Waals surface area contributed by atoms with Gasteiger partial charge in [0.05, 0.1) is 0 Å². The molecular weight excluding hydrogens is 172 g/mol. The lowest BCUT2D eigenvalue weighted by molar-refractivity contribution is 0.297. The van der Waals surface area contributed by atoms with Crippen LogP contribution in [-0.4, -0.2) is 25.2 Å². The van der Waals surface area contributed by atoms with E-state index >= 15 is 0 Å². The molecule has 0 aromatic heterocycles. The summed E-state index contributed by atoms with van der Waals surface area (Å²) >= 11 is 0. The first-order valence-corrected chi connectivity index (χ1v) is 5.79. The fourth-order valence-corrected chi connectivity index (χ4v) is 1.38. The summed E-state index contributed by atoms with van der Waals surface area (Å²) in [5.74, 6) is 0. The molecule has 14 heavy (non-hydrogen) atoms. The molecule has 0 unspecified atom stereocenters. The SMILES string of the molecule is CCNC(C)(C)CNCC(C)(C)CC. The van der Waals surface area contributed by atoms with Crippen LogP contribution in [0.25, 0.3) is 0 Å². The second kappa shape index (κ2) is 5.72. The van der Waals surface area contributed by atoms with Crippen molar-refractivity contribution in [2.24, 2.45) is 5.41 Å². The smallest absolute Gasteiger partial charge is 0.0249 e. The summed E-state index contributed by atoms with van der Waals surface area (Å²) in [6, 6.07) is 0. The molecule has 0 spiro atoms. The minimum Gasteiger partial charge on any atom is -0.314 e. The number of likely N-dealkylation sites (N-methyl/N-ethyl adjacent to an activating group) is 1. The van der Waals surface area contributed by atoms with E-state index in [1.807, 2.05) is 0 Å². The van der Waals surface area contributed by atoms with Crippen LogP contribution in [-0.2, 0) is 0 Å². The number of hydrogen-bond donors (Lipinski definition) is 2. The highest BCUT2D eigenvalue weighted by Crippen LogP contribution is 2.17. The van der Waals surface area contributed by atoms with E-state index in [1.165, 1.54) is 6.42 Å². The van der Waals surface area contributed by atoms with E-state index in [2.05, 4.69) is 52.2 Å². The van der Waals surface area contributed by atoms with Gasteiger partial charge in [-0.05, 0) is 32.2 Å². The Morgan fingerprint density at radius 1 is 0.929 bits per heavy atom. The molecule has 0 bridgehead atoms. The fourth-order valence-electron chi connectivity index (χ4n) is 1.38. The molecule has 0 aromatic rings. The second-order valence-corrected chi connectivity index (χ2v) is 5.54. The quantitative estimate of drug-likeness (QED) is 0.659. The highest BCUT2D eigenvalue weighted by atomic mass is 15.0. The van der Waals surface area contributed by atoms with Crippen molar-refractivity contribution in [1.82, 2.24) is 10.6 Å². The van der Waals surface area contributed by atoms with Crippen LogP contribution in [0.4, 0.5) is 0 Å². The van der Waals surface area contributed by atoms with E-state index in [9.17, 15) is 0 Å². The molecule has 0 rings (SSSR count). The van der Waals surface area contributed by atoms with Gasteiger partial charge in [0.2, 0.25) is 0 Å². The first-order valence-electron chi connectivity index (χ1n) is 5.79. The second-order valence-electron chi connectivity index (χ2n) is 5.54. The monoisotopic (exact) mass is 200 g/mol. The molecule has 2 heteroatoms. The Bertz CT molecular complexity index is 150. The fraction of sp³-hybridized carbons (Fsp3) is 1.00. The van der Waals surface area contributed by atoms with E-state index in [4.69, 9.17) is 0 Å². The van der Waals surface area contributed by atoms with Gasteiger partial charge < -0.3 is 10.6 Å². The summed E-state index contributed by atoms with van der Waals surface area (Å²) in [6.45, 7) is 16.6. The van der Waals surface area contributed by atoms with Gasteiger partial charge in [0.1, 0.15) is 0 Å². The van der Waals surface area contributed by atoms with Crippen LogP contribution in [0, 0.1) is 5.41 Å². The molecule has 0 radical (unpaired) electrons. The summed E-state index contributed by atoms with van der Waals surface area (Å²) < 4.78 is 0. The Hall–Kier alpha value is -0.0800. The molecular formula is C12H28N2. The molecule has 0 aliphatic carbocycles. The van der Waals surface area contributed by atoms with Gasteiger partial charge in [-0.2, -0.15) is 0 Å². The van der Waals surface area contributed by atoms with E-state index in [0.717, 1.165) is 19.6 Å². The molecule has 0 saturated heterocycles. The zero-order chi connectivity index (χ0) is 11.2. The maximum Gasteiger partial charge on any atom is 0.0249 e. The molecule has 2 nitrogen and oxygen atoms in total. The molecule has 0 fully saturated rings. The Labute approximate surface area is 89.9 Å². The first-order chi connectivity index (χ1) is 6.33. The van der Waals surface area contributed by atoms with Gasteiger partial charge in [0, 0.05) is 18.6 Å². The van der Waals surface area contributed by atoms with Crippen LogP contribution in [0.1, 0.15) is 48.0 Å². The van der Waals surface area contributed by atoms with Crippen molar-refractivity contribution in [2.75, 3.05) is 19.6 Å². The predicted molar refractivity (Wildman–Crippen MR) is 64.7 cm³/mol. The predicted octanol–water partition coefficient (Wildman–Crippen LogP) is 2.40. The zero-order valence-electron chi connectivity index (χ0n) is 10.8. The lowest BCUT2D eigenvalue weighted by Crippen LogP contribution is -2.49. The summed E-state index contributed by atoms with van der Waals surface area (Å²) in [5, 5.41) is 7.00. The van der Waals surface area contributed by atoms with E-state index in [-0.39, 0.29) is 5.54 Å². The summed E-state index contributed by atoms with van der Waals surface area (Å²) in [6.07, 6.45) is 1.22. The van der Waals surface area contributed by atoms with E-state index < -0.39 is 0 Å². The van der Waals surface area contributed by atoms with Gasteiger partial charge in [-0.3, -0.25) is 0 Å². The van der Waals surface area contributed by atoms with Crippen molar-refractivity contribution in [3.05, 3.63) is 0 Å². The molecule has 0 amide bonds. The summed E-state index contributed by atoms with van der Waals surface area (Å²) in [7, 11) is 0. The minimum atomic E-state index is 0.207. The van der Waals surface area contributed by atoms with Gasteiger partial charge in [0.15, 0.2) is 0 Å². The van der Waals surface area contributed by atoms with Crippen molar-refractivity contribution in [3.8, 4) is 0 Å². The third-order valence-electron chi connectivity index (χ3n) is 2.78. The van der Waals surface area contributed by atoms with Gasteiger partial charge in [0.25, 0.3) is 0 Å². The lowest BCUT2D eigenvalue weighted by atomic mass is 9.90. The van der Waals surface area contributed by atoms with Crippen LogP contribution < -0.4 is 10.6 Å². The normalized spacial score (nSPS) is 13.3. The highest BCUT2D eigenvalue weighted by Gasteiger charge is 2.18. The Morgan fingerprint density at radius 2 is 1.50 bits per heavy atom. The molecule has 0 aliphatic heterocycles. The van der Waals surface area contributed by atoms with Crippen LogP contribution >= 0.6 is 0 Å². The Morgan fingerprint density at radius 3 is 1.93 bits per heavy atom. The van der Waals surface area contributed by atoms with E-state index in [1.54, 1.807) is 0 Å². The van der Waals surface area contributed by atoms with Gasteiger partial charge in [-0.1, -0.05) is 27.7 Å². The third kappa shape index (κ3) is 6.39. The first kappa shape index (κ1) is 13.9. The van der Waals surface area contributed by atoms with Crippen LogP contribution in [0.2, 0.25) is 0 Å². The summed E-state index contributed by atoms with van der Waals surface area (Å²) in [4.78, 5) is 0. The molecule has 0 heterocycles.